The Morgan fingerprint density at radius 1 is 1.58 bits per heavy atom. The molecule has 2 rings (SSSR count). The van der Waals surface area contributed by atoms with Gasteiger partial charge in [0, 0.05) is 43.0 Å². The SMILES string of the molecule is CC(C)CN1CCOC(CNCc2cc(Cl)cs2)C1. The quantitative estimate of drug-likeness (QED) is 0.874. The van der Waals surface area contributed by atoms with Gasteiger partial charge in [0.05, 0.1) is 17.7 Å². The van der Waals surface area contributed by atoms with E-state index in [2.05, 4.69) is 24.1 Å². The summed E-state index contributed by atoms with van der Waals surface area (Å²) in [4.78, 5) is 3.78. The van der Waals surface area contributed by atoms with Crippen LogP contribution in [-0.4, -0.2) is 43.8 Å². The Morgan fingerprint density at radius 3 is 3.11 bits per heavy atom. The summed E-state index contributed by atoms with van der Waals surface area (Å²) in [5.74, 6) is 0.722. The highest BCUT2D eigenvalue weighted by Gasteiger charge is 2.20. The highest BCUT2D eigenvalue weighted by Crippen LogP contribution is 2.18. The van der Waals surface area contributed by atoms with Crippen LogP contribution in [0.2, 0.25) is 5.02 Å². The van der Waals surface area contributed by atoms with Gasteiger partial charge in [-0.25, -0.2) is 0 Å². The number of morpholine rings is 1. The first-order valence-corrected chi connectivity index (χ1v) is 8.17. The van der Waals surface area contributed by atoms with Crippen LogP contribution in [0.3, 0.4) is 0 Å². The number of nitrogens with one attached hydrogen (secondary N) is 1. The van der Waals surface area contributed by atoms with Crippen molar-refractivity contribution in [2.75, 3.05) is 32.8 Å². The predicted octanol–water partition coefficient (Wildman–Crippen LogP) is 2.85. The third kappa shape index (κ3) is 5.40. The summed E-state index contributed by atoms with van der Waals surface area (Å²) in [5.41, 5.74) is 0. The van der Waals surface area contributed by atoms with Crippen molar-refractivity contribution in [2.45, 2.75) is 26.5 Å². The molecule has 1 fully saturated rings. The van der Waals surface area contributed by atoms with Crippen molar-refractivity contribution in [3.8, 4) is 0 Å². The van der Waals surface area contributed by atoms with Crippen molar-refractivity contribution >= 4 is 22.9 Å². The molecule has 0 amide bonds. The van der Waals surface area contributed by atoms with Gasteiger partial charge in [0.15, 0.2) is 0 Å². The zero-order valence-corrected chi connectivity index (χ0v) is 13.3. The van der Waals surface area contributed by atoms with Crippen molar-refractivity contribution in [2.24, 2.45) is 5.92 Å². The number of nitrogens with zero attached hydrogens (tertiary/aromatic N) is 1. The second-order valence-electron chi connectivity index (χ2n) is 5.51. The molecule has 3 nitrogen and oxygen atoms in total. The smallest absolute Gasteiger partial charge is 0.0826 e. The third-order valence-corrected chi connectivity index (χ3v) is 4.42. The Morgan fingerprint density at radius 2 is 2.42 bits per heavy atom. The van der Waals surface area contributed by atoms with Gasteiger partial charge in [0.25, 0.3) is 0 Å². The minimum absolute atomic E-state index is 0.308. The molecule has 1 unspecified atom stereocenters. The molecule has 1 aliphatic heterocycles. The average Bonchev–Trinajstić information content (AvgIpc) is 2.75. The highest BCUT2D eigenvalue weighted by atomic mass is 35.5. The molecule has 1 aromatic heterocycles. The molecule has 0 saturated carbocycles. The first kappa shape index (κ1) is 15.3. The Bertz CT molecular complexity index is 383. The van der Waals surface area contributed by atoms with Crippen LogP contribution in [0.5, 0.6) is 0 Å². The van der Waals surface area contributed by atoms with Crippen molar-refractivity contribution in [1.29, 1.82) is 0 Å². The lowest BCUT2D eigenvalue weighted by Gasteiger charge is -2.34. The molecule has 1 N–H and O–H groups in total. The zero-order chi connectivity index (χ0) is 13.7. The van der Waals surface area contributed by atoms with Gasteiger partial charge in [-0.3, -0.25) is 4.90 Å². The van der Waals surface area contributed by atoms with Gasteiger partial charge in [0.1, 0.15) is 0 Å². The van der Waals surface area contributed by atoms with Crippen LogP contribution in [0.25, 0.3) is 0 Å². The standard InChI is InChI=1S/C14H23ClN2OS/c1-11(2)8-17-3-4-18-13(9-17)6-16-7-14-5-12(15)10-19-14/h5,10-11,13,16H,3-4,6-9H2,1-2H3. The number of hydrogen-bond donors (Lipinski definition) is 1. The fourth-order valence-electron chi connectivity index (χ4n) is 2.39. The maximum absolute atomic E-state index is 5.91. The second-order valence-corrected chi connectivity index (χ2v) is 6.94. The molecular weight excluding hydrogens is 280 g/mol. The van der Waals surface area contributed by atoms with Gasteiger partial charge in [0.2, 0.25) is 0 Å². The zero-order valence-electron chi connectivity index (χ0n) is 11.7. The second kappa shape index (κ2) is 7.60. The molecule has 0 radical (unpaired) electrons. The van der Waals surface area contributed by atoms with Gasteiger partial charge in [-0.2, -0.15) is 0 Å². The molecule has 5 heteroatoms. The van der Waals surface area contributed by atoms with Crippen molar-refractivity contribution in [3.05, 3.63) is 21.3 Å². The summed E-state index contributed by atoms with van der Waals surface area (Å²) in [5, 5.41) is 6.26. The van der Waals surface area contributed by atoms with E-state index in [4.69, 9.17) is 16.3 Å². The molecule has 0 aliphatic carbocycles. The number of thiophene rings is 1. The van der Waals surface area contributed by atoms with Crippen LogP contribution in [-0.2, 0) is 11.3 Å². The van der Waals surface area contributed by atoms with Crippen molar-refractivity contribution < 1.29 is 4.74 Å². The first-order valence-electron chi connectivity index (χ1n) is 6.91. The van der Waals surface area contributed by atoms with Crippen LogP contribution in [0.4, 0.5) is 0 Å². The summed E-state index contributed by atoms with van der Waals surface area (Å²) in [6, 6.07) is 2.02. The van der Waals surface area contributed by atoms with E-state index in [-0.39, 0.29) is 0 Å². The van der Waals surface area contributed by atoms with Gasteiger partial charge in [-0.1, -0.05) is 25.4 Å². The Hall–Kier alpha value is -0.130. The molecule has 2 heterocycles. The first-order chi connectivity index (χ1) is 9.13. The molecule has 0 spiro atoms. The van der Waals surface area contributed by atoms with Gasteiger partial charge < -0.3 is 10.1 Å². The van der Waals surface area contributed by atoms with Crippen LogP contribution in [0, 0.1) is 5.92 Å². The number of halogens is 1. The topological polar surface area (TPSA) is 24.5 Å². The molecule has 108 valence electrons. The van der Waals surface area contributed by atoms with Crippen LogP contribution in [0.15, 0.2) is 11.4 Å². The maximum Gasteiger partial charge on any atom is 0.0826 e. The van der Waals surface area contributed by atoms with Crippen LogP contribution >= 0.6 is 22.9 Å². The lowest BCUT2D eigenvalue weighted by atomic mass is 10.2. The normalized spacial score (nSPS) is 21.2. The monoisotopic (exact) mass is 302 g/mol. The molecule has 19 heavy (non-hydrogen) atoms. The predicted molar refractivity (Wildman–Crippen MR) is 82.1 cm³/mol. The Labute approximate surface area is 124 Å². The molecule has 1 aromatic rings. The van der Waals surface area contributed by atoms with E-state index in [0.29, 0.717) is 6.10 Å². The summed E-state index contributed by atoms with van der Waals surface area (Å²) < 4.78 is 5.81. The number of ether oxygens (including phenoxy) is 1. The van der Waals surface area contributed by atoms with E-state index >= 15 is 0 Å². The summed E-state index contributed by atoms with van der Waals surface area (Å²) >= 11 is 7.61. The van der Waals surface area contributed by atoms with Crippen molar-refractivity contribution in [3.63, 3.8) is 0 Å². The fraction of sp³-hybridized carbons (Fsp3) is 0.714. The summed E-state index contributed by atoms with van der Waals surface area (Å²) in [6.45, 7) is 10.4. The maximum atomic E-state index is 5.91. The molecule has 0 aromatic carbocycles. The molecule has 0 bridgehead atoms. The lowest BCUT2D eigenvalue weighted by Crippen LogP contribution is -2.47. The largest absolute Gasteiger partial charge is 0.374 e. The summed E-state index contributed by atoms with van der Waals surface area (Å²) in [7, 11) is 0. The molecule has 1 aliphatic rings. The lowest BCUT2D eigenvalue weighted by molar-refractivity contribution is -0.0303. The van der Waals surface area contributed by atoms with E-state index < -0.39 is 0 Å². The van der Waals surface area contributed by atoms with E-state index in [1.54, 1.807) is 11.3 Å². The Balaban J connectivity index is 1.67. The number of rotatable bonds is 6. The minimum atomic E-state index is 0.308. The average molecular weight is 303 g/mol. The van der Waals surface area contributed by atoms with E-state index in [1.165, 1.54) is 11.4 Å². The third-order valence-electron chi connectivity index (χ3n) is 3.14. The molecular formula is C14H23ClN2OS. The van der Waals surface area contributed by atoms with E-state index in [0.717, 1.165) is 43.7 Å². The molecule has 1 saturated heterocycles. The fourth-order valence-corrected chi connectivity index (χ4v) is 3.43. The number of hydrogen-bond acceptors (Lipinski definition) is 4. The van der Waals surface area contributed by atoms with E-state index in [9.17, 15) is 0 Å². The molecule has 1 atom stereocenters. The van der Waals surface area contributed by atoms with Gasteiger partial charge >= 0.3 is 0 Å². The van der Waals surface area contributed by atoms with E-state index in [1.807, 2.05) is 11.4 Å². The minimum Gasteiger partial charge on any atom is -0.374 e. The Kier molecular flexibility index (Phi) is 6.10. The highest BCUT2D eigenvalue weighted by molar-refractivity contribution is 7.10. The van der Waals surface area contributed by atoms with Crippen molar-refractivity contribution in [1.82, 2.24) is 10.2 Å². The summed E-state index contributed by atoms with van der Waals surface area (Å²) in [6.07, 6.45) is 0.308. The van der Waals surface area contributed by atoms with Gasteiger partial charge in [-0.05, 0) is 12.0 Å². The van der Waals surface area contributed by atoms with Crippen LogP contribution in [0.1, 0.15) is 18.7 Å². The van der Waals surface area contributed by atoms with Gasteiger partial charge in [-0.15, -0.1) is 11.3 Å². The van der Waals surface area contributed by atoms with Crippen LogP contribution < -0.4 is 5.32 Å².